The molecule has 0 N–H and O–H groups in total. The van der Waals surface area contributed by atoms with E-state index in [0.29, 0.717) is 23.4 Å². The molecule has 7 nitrogen and oxygen atoms in total. The minimum absolute atomic E-state index is 0.0166. The molecule has 0 amide bonds. The van der Waals surface area contributed by atoms with Crippen LogP contribution in [0.5, 0.6) is 5.75 Å². The summed E-state index contributed by atoms with van der Waals surface area (Å²) in [4.78, 5) is 27.2. The van der Waals surface area contributed by atoms with Gasteiger partial charge in [-0.3, -0.25) is 10.1 Å². The summed E-state index contributed by atoms with van der Waals surface area (Å²) < 4.78 is 6.35. The first-order valence-corrected chi connectivity index (χ1v) is 8.64. The smallest absolute Gasteiger partial charge is 0.339 e. The summed E-state index contributed by atoms with van der Waals surface area (Å²) in [7, 11) is 1.58. The van der Waals surface area contributed by atoms with Crippen LogP contribution in [-0.4, -0.2) is 23.7 Å². The zero-order valence-corrected chi connectivity index (χ0v) is 15.5. The van der Waals surface area contributed by atoms with Crippen molar-refractivity contribution in [3.05, 3.63) is 67.7 Å². The molecule has 1 aliphatic rings. The monoisotopic (exact) mass is 418 g/mol. The molecule has 8 heteroatoms. The van der Waals surface area contributed by atoms with Crippen LogP contribution in [0.25, 0.3) is 0 Å². The number of non-ortho nitro benzene ring substituents is 1. The second kappa shape index (κ2) is 7.65. The summed E-state index contributed by atoms with van der Waals surface area (Å²) in [5.74, 6) is 0.152. The quantitative estimate of drug-likeness (QED) is 0.418. The van der Waals surface area contributed by atoms with Gasteiger partial charge in [0, 0.05) is 22.2 Å². The van der Waals surface area contributed by atoms with Crippen molar-refractivity contribution in [2.24, 2.45) is 5.16 Å². The first-order valence-electron chi connectivity index (χ1n) is 7.85. The van der Waals surface area contributed by atoms with Gasteiger partial charge in [0.05, 0.1) is 24.2 Å². The van der Waals surface area contributed by atoms with Crippen molar-refractivity contribution in [1.82, 2.24) is 0 Å². The fraction of sp³-hybridized carbons (Fsp3) is 0.222. The number of nitrogens with zero attached hydrogens (tertiary/aromatic N) is 2. The van der Waals surface area contributed by atoms with Crippen LogP contribution in [0.1, 0.15) is 23.1 Å². The summed E-state index contributed by atoms with van der Waals surface area (Å²) in [5.41, 5.74) is 3.19. The number of ether oxygens (including phenoxy) is 1. The molecule has 2 aromatic rings. The van der Waals surface area contributed by atoms with Gasteiger partial charge in [0.1, 0.15) is 5.75 Å². The topological polar surface area (TPSA) is 91.0 Å². The summed E-state index contributed by atoms with van der Waals surface area (Å²) in [6.45, 7) is 0. The molecule has 0 aliphatic heterocycles. The number of carbonyl (C=O) groups excluding carboxylic acids is 1. The van der Waals surface area contributed by atoms with E-state index in [1.807, 2.05) is 12.1 Å². The molecule has 0 aromatic heterocycles. The van der Waals surface area contributed by atoms with Crippen LogP contribution in [0.15, 0.2) is 46.0 Å². The fourth-order valence-electron chi connectivity index (χ4n) is 2.83. The lowest BCUT2D eigenvalue weighted by Crippen LogP contribution is -2.07. The van der Waals surface area contributed by atoms with Crippen LogP contribution < -0.4 is 4.74 Å². The van der Waals surface area contributed by atoms with E-state index in [1.54, 1.807) is 7.11 Å². The van der Waals surface area contributed by atoms with Crippen molar-refractivity contribution in [2.45, 2.75) is 19.3 Å². The molecule has 2 aromatic carbocycles. The number of halogens is 1. The molecule has 0 fully saturated rings. The third-order valence-electron chi connectivity index (χ3n) is 4.09. The van der Waals surface area contributed by atoms with Gasteiger partial charge in [-0.2, -0.15) is 0 Å². The number of hydrogen-bond acceptors (Lipinski definition) is 6. The lowest BCUT2D eigenvalue weighted by Gasteiger charge is -2.09. The van der Waals surface area contributed by atoms with Crippen molar-refractivity contribution >= 4 is 33.3 Å². The van der Waals surface area contributed by atoms with Crippen molar-refractivity contribution in [2.75, 3.05) is 7.11 Å². The predicted molar refractivity (Wildman–Crippen MR) is 98.4 cm³/mol. The van der Waals surface area contributed by atoms with Crippen molar-refractivity contribution in [3.8, 4) is 5.75 Å². The predicted octanol–water partition coefficient (Wildman–Crippen LogP) is 3.80. The number of oxime groups is 1. The van der Waals surface area contributed by atoms with Crippen LogP contribution in [-0.2, 0) is 22.5 Å². The van der Waals surface area contributed by atoms with Gasteiger partial charge in [-0.1, -0.05) is 33.2 Å². The Morgan fingerprint density at radius 1 is 1.23 bits per heavy atom. The number of benzene rings is 2. The molecule has 1 aliphatic carbocycles. The van der Waals surface area contributed by atoms with E-state index >= 15 is 0 Å². The Morgan fingerprint density at radius 2 is 1.96 bits per heavy atom. The number of fused-ring (bicyclic) bond motifs is 1. The highest BCUT2D eigenvalue weighted by Crippen LogP contribution is 2.36. The Labute approximate surface area is 157 Å². The Bertz CT molecular complexity index is 893. The molecule has 0 radical (unpaired) electrons. The third-order valence-corrected chi connectivity index (χ3v) is 4.83. The Balaban J connectivity index is 1.71. The number of hydrogen-bond donors (Lipinski definition) is 0. The Hall–Kier alpha value is -2.74. The third kappa shape index (κ3) is 3.75. The van der Waals surface area contributed by atoms with E-state index in [4.69, 9.17) is 9.57 Å². The molecule has 0 atom stereocenters. The lowest BCUT2D eigenvalue weighted by atomic mass is 10.1. The molecule has 3 rings (SSSR count). The van der Waals surface area contributed by atoms with Gasteiger partial charge in [-0.25, -0.2) is 4.79 Å². The molecule has 0 spiro atoms. The zero-order valence-electron chi connectivity index (χ0n) is 13.9. The fourth-order valence-corrected chi connectivity index (χ4v) is 3.36. The van der Waals surface area contributed by atoms with E-state index in [0.717, 1.165) is 22.0 Å². The van der Waals surface area contributed by atoms with Gasteiger partial charge in [-0.15, -0.1) is 0 Å². The van der Waals surface area contributed by atoms with Crippen LogP contribution in [0.2, 0.25) is 0 Å². The molecule has 0 unspecified atom stereocenters. The summed E-state index contributed by atoms with van der Waals surface area (Å²) in [6.07, 6.45) is 1.42. The zero-order chi connectivity index (χ0) is 18.7. The maximum absolute atomic E-state index is 12.0. The largest absolute Gasteiger partial charge is 0.496 e. The molecule has 0 heterocycles. The molecule has 0 saturated heterocycles. The maximum atomic E-state index is 12.0. The highest BCUT2D eigenvalue weighted by Gasteiger charge is 2.25. The first-order chi connectivity index (χ1) is 12.5. The Morgan fingerprint density at radius 3 is 2.62 bits per heavy atom. The van der Waals surface area contributed by atoms with Crippen LogP contribution in [0, 0.1) is 10.1 Å². The average molecular weight is 419 g/mol. The van der Waals surface area contributed by atoms with Gasteiger partial charge in [-0.05, 0) is 36.1 Å². The van der Waals surface area contributed by atoms with Crippen molar-refractivity contribution < 1.29 is 19.3 Å². The Kier molecular flexibility index (Phi) is 5.32. The van der Waals surface area contributed by atoms with Crippen LogP contribution in [0.3, 0.4) is 0 Å². The number of methoxy groups -OCH3 is 1. The van der Waals surface area contributed by atoms with Gasteiger partial charge in [0.15, 0.2) is 0 Å². The van der Waals surface area contributed by atoms with E-state index in [9.17, 15) is 14.9 Å². The minimum atomic E-state index is -0.534. The summed E-state index contributed by atoms with van der Waals surface area (Å²) in [5, 5.41) is 14.7. The molecule has 0 bridgehead atoms. The second-order valence-electron chi connectivity index (χ2n) is 5.70. The number of nitro groups is 1. The maximum Gasteiger partial charge on any atom is 0.339 e. The van der Waals surface area contributed by atoms with Gasteiger partial charge in [0.25, 0.3) is 5.69 Å². The molecule has 134 valence electrons. The standard InChI is InChI=1S/C18H15BrN2O5/c1-25-16-9-7-14(19)13-6-8-15(18(13)16)20-26-17(22)10-11-2-4-12(5-3-11)21(23)24/h2-5,7,9H,6,8,10H2,1H3. The van der Waals surface area contributed by atoms with E-state index in [2.05, 4.69) is 21.1 Å². The van der Waals surface area contributed by atoms with Gasteiger partial charge in [0.2, 0.25) is 0 Å². The normalized spacial score (nSPS) is 14.2. The minimum Gasteiger partial charge on any atom is -0.496 e. The highest BCUT2D eigenvalue weighted by atomic mass is 79.9. The molecule has 0 saturated carbocycles. The van der Waals surface area contributed by atoms with E-state index < -0.39 is 10.9 Å². The SMILES string of the molecule is COc1ccc(Br)c2c1C(=NOC(=O)Cc1ccc([N+](=O)[O-])cc1)CC2. The average Bonchev–Trinajstić information content (AvgIpc) is 3.06. The van der Waals surface area contributed by atoms with Crippen molar-refractivity contribution in [3.63, 3.8) is 0 Å². The number of nitro benzene ring substituents is 1. The summed E-state index contributed by atoms with van der Waals surface area (Å²) in [6, 6.07) is 9.51. The van der Waals surface area contributed by atoms with Crippen molar-refractivity contribution in [1.29, 1.82) is 0 Å². The molecular weight excluding hydrogens is 404 g/mol. The lowest BCUT2D eigenvalue weighted by molar-refractivity contribution is -0.384. The second-order valence-corrected chi connectivity index (χ2v) is 6.56. The first kappa shape index (κ1) is 18.1. The van der Waals surface area contributed by atoms with Crippen LogP contribution >= 0.6 is 15.9 Å². The highest BCUT2D eigenvalue weighted by molar-refractivity contribution is 9.10. The van der Waals surface area contributed by atoms with Gasteiger partial charge < -0.3 is 9.57 Å². The number of rotatable bonds is 5. The van der Waals surface area contributed by atoms with Crippen LogP contribution in [0.4, 0.5) is 5.69 Å². The van der Waals surface area contributed by atoms with Gasteiger partial charge >= 0.3 is 5.97 Å². The van der Waals surface area contributed by atoms with E-state index in [1.165, 1.54) is 24.3 Å². The molecule has 26 heavy (non-hydrogen) atoms. The number of carbonyl (C=O) groups is 1. The molecular formula is C18H15BrN2O5. The summed E-state index contributed by atoms with van der Waals surface area (Å²) >= 11 is 3.51. The van der Waals surface area contributed by atoms with E-state index in [-0.39, 0.29) is 12.1 Å².